The van der Waals surface area contributed by atoms with Crippen LogP contribution in [0.25, 0.3) is 0 Å². The van der Waals surface area contributed by atoms with Crippen molar-refractivity contribution in [3.63, 3.8) is 0 Å². The summed E-state index contributed by atoms with van der Waals surface area (Å²) < 4.78 is 12.8. The van der Waals surface area contributed by atoms with Crippen LogP contribution in [0.3, 0.4) is 0 Å². The molecule has 1 aliphatic heterocycles. The van der Waals surface area contributed by atoms with E-state index in [2.05, 4.69) is 5.32 Å². The Morgan fingerprint density at radius 2 is 1.67 bits per heavy atom. The minimum atomic E-state index is -1.06. The first-order valence-corrected chi connectivity index (χ1v) is 8.68. The molecule has 1 heterocycles. The SMILES string of the molecule is OC[C@@H]1N[C@@H]([C@@H](O)CCCCCCc2ccc(F)cc2)[C@H](O)[C@H]1O. The van der Waals surface area contributed by atoms with Crippen LogP contribution in [0.1, 0.15) is 37.7 Å². The topological polar surface area (TPSA) is 93.0 Å². The van der Waals surface area contributed by atoms with Crippen molar-refractivity contribution in [2.24, 2.45) is 0 Å². The number of hydrogen-bond acceptors (Lipinski definition) is 5. The fourth-order valence-corrected chi connectivity index (χ4v) is 3.26. The van der Waals surface area contributed by atoms with Crippen LogP contribution in [0.2, 0.25) is 0 Å². The molecule has 24 heavy (non-hydrogen) atoms. The predicted octanol–water partition coefficient (Wildman–Crippen LogP) is 0.734. The highest BCUT2D eigenvalue weighted by atomic mass is 19.1. The molecule has 5 N–H and O–H groups in total. The molecule has 0 aromatic heterocycles. The number of unbranched alkanes of at least 4 members (excludes halogenated alkanes) is 3. The molecular weight excluding hydrogens is 313 g/mol. The van der Waals surface area contributed by atoms with Gasteiger partial charge in [-0.25, -0.2) is 4.39 Å². The third kappa shape index (κ3) is 5.22. The smallest absolute Gasteiger partial charge is 0.123 e. The number of nitrogens with one attached hydrogen (secondary N) is 1. The highest BCUT2D eigenvalue weighted by molar-refractivity contribution is 5.15. The monoisotopic (exact) mass is 341 g/mol. The molecule has 0 spiro atoms. The molecule has 1 fully saturated rings. The Morgan fingerprint density at radius 1 is 1.00 bits per heavy atom. The van der Waals surface area contributed by atoms with E-state index in [1.165, 1.54) is 12.1 Å². The second-order valence-electron chi connectivity index (χ2n) is 6.61. The molecule has 5 nitrogen and oxygen atoms in total. The molecule has 5 atom stereocenters. The Bertz CT molecular complexity index is 484. The summed E-state index contributed by atoms with van der Waals surface area (Å²) in [5.41, 5.74) is 1.12. The predicted molar refractivity (Wildman–Crippen MR) is 89.0 cm³/mol. The highest BCUT2D eigenvalue weighted by Crippen LogP contribution is 2.20. The van der Waals surface area contributed by atoms with E-state index < -0.39 is 30.4 Å². The summed E-state index contributed by atoms with van der Waals surface area (Å²) >= 11 is 0. The van der Waals surface area contributed by atoms with Crippen molar-refractivity contribution in [1.82, 2.24) is 5.32 Å². The molecule has 136 valence electrons. The summed E-state index contributed by atoms with van der Waals surface area (Å²) in [6.07, 6.45) is 2.42. The zero-order valence-corrected chi connectivity index (χ0v) is 13.8. The molecule has 2 rings (SSSR count). The summed E-state index contributed by atoms with van der Waals surface area (Å²) in [6.45, 7) is -0.273. The van der Waals surface area contributed by atoms with E-state index in [0.717, 1.165) is 37.7 Å². The highest BCUT2D eigenvalue weighted by Gasteiger charge is 2.43. The second-order valence-corrected chi connectivity index (χ2v) is 6.61. The van der Waals surface area contributed by atoms with Gasteiger partial charge in [0.1, 0.15) is 5.82 Å². The minimum absolute atomic E-state index is 0.219. The molecule has 1 aromatic rings. The van der Waals surface area contributed by atoms with Gasteiger partial charge in [0.15, 0.2) is 0 Å². The first kappa shape index (κ1) is 19.3. The third-order valence-electron chi connectivity index (χ3n) is 4.78. The first-order valence-electron chi connectivity index (χ1n) is 8.68. The lowest BCUT2D eigenvalue weighted by Crippen LogP contribution is -2.44. The van der Waals surface area contributed by atoms with Crippen LogP contribution >= 0.6 is 0 Å². The van der Waals surface area contributed by atoms with Crippen LogP contribution in [-0.2, 0) is 6.42 Å². The Hall–Kier alpha value is -1.05. The Morgan fingerprint density at radius 3 is 2.29 bits per heavy atom. The molecule has 0 unspecified atom stereocenters. The summed E-state index contributed by atoms with van der Waals surface area (Å²) in [4.78, 5) is 0. The normalized spacial score (nSPS) is 28.2. The van der Waals surface area contributed by atoms with Crippen molar-refractivity contribution in [3.8, 4) is 0 Å². The van der Waals surface area contributed by atoms with Gasteiger partial charge in [-0.1, -0.05) is 31.4 Å². The maximum Gasteiger partial charge on any atom is 0.123 e. The van der Waals surface area contributed by atoms with Gasteiger partial charge in [0.2, 0.25) is 0 Å². The molecule has 0 saturated carbocycles. The van der Waals surface area contributed by atoms with Crippen LogP contribution in [0.4, 0.5) is 4.39 Å². The van der Waals surface area contributed by atoms with Gasteiger partial charge < -0.3 is 25.7 Å². The summed E-state index contributed by atoms with van der Waals surface area (Å²) in [5, 5.41) is 41.8. The zero-order chi connectivity index (χ0) is 17.5. The first-order chi connectivity index (χ1) is 11.5. The van der Waals surface area contributed by atoms with Gasteiger partial charge in [-0.2, -0.15) is 0 Å². The van der Waals surface area contributed by atoms with Crippen molar-refractivity contribution >= 4 is 0 Å². The lowest BCUT2D eigenvalue weighted by molar-refractivity contribution is -0.00443. The van der Waals surface area contributed by atoms with Crippen molar-refractivity contribution in [3.05, 3.63) is 35.6 Å². The van der Waals surface area contributed by atoms with Crippen molar-refractivity contribution in [2.75, 3.05) is 6.61 Å². The van der Waals surface area contributed by atoms with E-state index in [-0.39, 0.29) is 12.4 Å². The maximum atomic E-state index is 12.8. The third-order valence-corrected chi connectivity index (χ3v) is 4.78. The van der Waals surface area contributed by atoms with Gasteiger partial charge >= 0.3 is 0 Å². The van der Waals surface area contributed by atoms with Gasteiger partial charge in [-0.05, 0) is 37.0 Å². The van der Waals surface area contributed by atoms with E-state index in [1.54, 1.807) is 12.1 Å². The number of aliphatic hydroxyl groups is 4. The lowest BCUT2D eigenvalue weighted by atomic mass is 9.98. The van der Waals surface area contributed by atoms with Crippen LogP contribution in [0.15, 0.2) is 24.3 Å². The van der Waals surface area contributed by atoms with Gasteiger partial charge in [0.25, 0.3) is 0 Å². The molecule has 0 amide bonds. The van der Waals surface area contributed by atoms with E-state index in [9.17, 15) is 19.7 Å². The summed E-state index contributed by atoms with van der Waals surface area (Å²) in [7, 11) is 0. The lowest BCUT2D eigenvalue weighted by Gasteiger charge is -2.22. The molecule has 1 aromatic carbocycles. The Kier molecular flexibility index (Phi) is 7.58. The fraction of sp³-hybridized carbons (Fsp3) is 0.667. The average Bonchev–Trinajstić information content (AvgIpc) is 2.87. The second kappa shape index (κ2) is 9.44. The van der Waals surface area contributed by atoms with E-state index in [1.807, 2.05) is 0 Å². The molecule has 0 bridgehead atoms. The number of aliphatic hydroxyl groups excluding tert-OH is 4. The standard InChI is InChI=1S/C18H28FNO4/c19-13-9-7-12(8-10-13)5-3-1-2-4-6-15(22)16-18(24)17(23)14(11-21)20-16/h7-10,14-18,20-24H,1-6,11H2/t14-,15-,16-,17-,18-/m0/s1. The van der Waals surface area contributed by atoms with E-state index >= 15 is 0 Å². The summed E-state index contributed by atoms with van der Waals surface area (Å²) in [5.74, 6) is -0.219. The van der Waals surface area contributed by atoms with Crippen LogP contribution in [0.5, 0.6) is 0 Å². The molecule has 6 heteroatoms. The minimum Gasteiger partial charge on any atom is -0.395 e. The van der Waals surface area contributed by atoms with Crippen LogP contribution in [0, 0.1) is 5.82 Å². The number of halogens is 1. The number of hydrogen-bond donors (Lipinski definition) is 5. The van der Waals surface area contributed by atoms with Gasteiger partial charge in [0, 0.05) is 0 Å². The van der Waals surface area contributed by atoms with E-state index in [4.69, 9.17) is 5.11 Å². The number of aryl methyl sites for hydroxylation is 1. The van der Waals surface area contributed by atoms with Gasteiger partial charge in [-0.3, -0.25) is 0 Å². The van der Waals surface area contributed by atoms with Crippen molar-refractivity contribution in [1.29, 1.82) is 0 Å². The van der Waals surface area contributed by atoms with Crippen molar-refractivity contribution < 1.29 is 24.8 Å². The van der Waals surface area contributed by atoms with Gasteiger partial charge in [-0.15, -0.1) is 0 Å². The molecule has 1 aliphatic rings. The summed E-state index contributed by atoms with van der Waals surface area (Å²) in [6, 6.07) is 5.36. The molecule has 0 aliphatic carbocycles. The van der Waals surface area contributed by atoms with Gasteiger partial charge in [0.05, 0.1) is 37.0 Å². The molecular formula is C18H28FNO4. The number of benzene rings is 1. The molecule has 0 radical (unpaired) electrons. The Labute approximate surface area is 142 Å². The average molecular weight is 341 g/mol. The fourth-order valence-electron chi connectivity index (χ4n) is 3.26. The van der Waals surface area contributed by atoms with E-state index in [0.29, 0.717) is 6.42 Å². The quantitative estimate of drug-likeness (QED) is 0.427. The largest absolute Gasteiger partial charge is 0.395 e. The maximum absolute atomic E-state index is 12.8. The Balaban J connectivity index is 1.59. The van der Waals surface area contributed by atoms with Crippen LogP contribution < -0.4 is 5.32 Å². The zero-order valence-electron chi connectivity index (χ0n) is 13.8. The number of rotatable bonds is 9. The van der Waals surface area contributed by atoms with Crippen LogP contribution in [-0.4, -0.2) is 57.4 Å². The van der Waals surface area contributed by atoms with Crippen molar-refractivity contribution in [2.45, 2.75) is 68.9 Å². The molecule has 1 saturated heterocycles.